The van der Waals surface area contributed by atoms with E-state index in [-0.39, 0.29) is 6.04 Å². The highest BCUT2D eigenvalue weighted by molar-refractivity contribution is 7.79. The van der Waals surface area contributed by atoms with Crippen molar-refractivity contribution < 1.29 is 27.4 Å². The molecule has 1 saturated heterocycles. The molecule has 0 aromatic heterocycles. The van der Waals surface area contributed by atoms with Gasteiger partial charge in [0.05, 0.1) is 0 Å². The molecule has 0 spiro atoms. The van der Waals surface area contributed by atoms with Gasteiger partial charge in [0.2, 0.25) is 0 Å². The number of piperidine rings is 1. The van der Waals surface area contributed by atoms with Gasteiger partial charge in [-0.05, 0) is 26.2 Å². The third-order valence-corrected chi connectivity index (χ3v) is 1.91. The number of rotatable bonds is 1. The van der Waals surface area contributed by atoms with Gasteiger partial charge in [0.25, 0.3) is 0 Å². The summed E-state index contributed by atoms with van der Waals surface area (Å²) < 4.78 is 31.6. The molecule has 15 heavy (non-hydrogen) atoms. The molecular weight excluding hydrogens is 226 g/mol. The number of nitrogens with one attached hydrogen (secondary N) is 1. The summed E-state index contributed by atoms with van der Waals surface area (Å²) in [5.74, 6) is -0.716. The fourth-order valence-corrected chi connectivity index (χ4v) is 1.33. The van der Waals surface area contributed by atoms with Crippen LogP contribution in [0.25, 0.3) is 0 Å². The molecule has 0 bridgehead atoms. The molecule has 1 rings (SSSR count). The van der Waals surface area contributed by atoms with Crippen molar-refractivity contribution in [2.75, 3.05) is 0 Å². The Labute approximate surface area is 88.1 Å². The second kappa shape index (κ2) is 6.01. The summed E-state index contributed by atoms with van der Waals surface area (Å²) in [5, 5.41) is 11.6. The Kier molecular flexibility index (Phi) is 5.73. The first kappa shape index (κ1) is 14.3. The van der Waals surface area contributed by atoms with Crippen molar-refractivity contribution in [3.63, 3.8) is 0 Å². The first-order valence-electron chi connectivity index (χ1n) is 4.39. The molecule has 0 amide bonds. The zero-order valence-corrected chi connectivity index (χ0v) is 9.07. The van der Waals surface area contributed by atoms with E-state index in [1.807, 2.05) is 6.92 Å². The Morgan fingerprint density at radius 1 is 1.33 bits per heavy atom. The molecule has 8 heteroatoms. The summed E-state index contributed by atoms with van der Waals surface area (Å²) >= 11 is 0. The van der Waals surface area contributed by atoms with Crippen LogP contribution in [0.3, 0.4) is 0 Å². The molecule has 2 atom stereocenters. The minimum Gasteiger partial charge on any atom is -0.480 e. The molecule has 0 saturated carbocycles. The fourth-order valence-electron chi connectivity index (χ4n) is 1.33. The van der Waals surface area contributed by atoms with Crippen LogP contribution in [-0.2, 0) is 15.2 Å². The highest BCUT2D eigenvalue weighted by atomic mass is 32.3. The van der Waals surface area contributed by atoms with Crippen LogP contribution in [0, 0.1) is 0 Å². The lowest BCUT2D eigenvalue weighted by molar-refractivity contribution is -0.140. The van der Waals surface area contributed by atoms with Crippen molar-refractivity contribution in [3.8, 4) is 0 Å². The van der Waals surface area contributed by atoms with Gasteiger partial charge >= 0.3 is 16.4 Å². The molecule has 90 valence electrons. The maximum absolute atomic E-state index is 10.4. The minimum atomic E-state index is -4.67. The molecule has 1 aliphatic rings. The van der Waals surface area contributed by atoms with Gasteiger partial charge in [0, 0.05) is 6.04 Å². The van der Waals surface area contributed by atoms with E-state index in [2.05, 4.69) is 5.32 Å². The van der Waals surface area contributed by atoms with Crippen LogP contribution in [0.5, 0.6) is 0 Å². The Balaban J connectivity index is 0.000000336. The molecule has 0 aliphatic carbocycles. The maximum atomic E-state index is 10.4. The molecule has 1 fully saturated rings. The third kappa shape index (κ3) is 9.60. The van der Waals surface area contributed by atoms with E-state index in [0.29, 0.717) is 6.04 Å². The Bertz CT molecular complexity index is 293. The van der Waals surface area contributed by atoms with Crippen LogP contribution in [-0.4, -0.2) is 40.7 Å². The van der Waals surface area contributed by atoms with Crippen LogP contribution < -0.4 is 5.32 Å². The van der Waals surface area contributed by atoms with Gasteiger partial charge in [0.15, 0.2) is 0 Å². The van der Waals surface area contributed by atoms with Crippen molar-refractivity contribution in [2.24, 2.45) is 0 Å². The van der Waals surface area contributed by atoms with Crippen molar-refractivity contribution >= 4 is 16.4 Å². The first-order valence-corrected chi connectivity index (χ1v) is 5.78. The van der Waals surface area contributed by atoms with Crippen molar-refractivity contribution in [3.05, 3.63) is 0 Å². The molecular formula is C7H15NO6S. The van der Waals surface area contributed by atoms with E-state index in [4.69, 9.17) is 22.6 Å². The van der Waals surface area contributed by atoms with E-state index in [1.165, 1.54) is 0 Å². The zero-order valence-electron chi connectivity index (χ0n) is 8.25. The molecule has 4 N–H and O–H groups in total. The summed E-state index contributed by atoms with van der Waals surface area (Å²) in [4.78, 5) is 10.4. The van der Waals surface area contributed by atoms with Gasteiger partial charge in [-0.2, -0.15) is 8.42 Å². The predicted molar refractivity (Wildman–Crippen MR) is 52.0 cm³/mol. The maximum Gasteiger partial charge on any atom is 0.394 e. The molecule has 2 unspecified atom stereocenters. The Morgan fingerprint density at radius 3 is 2.07 bits per heavy atom. The van der Waals surface area contributed by atoms with Gasteiger partial charge in [0.1, 0.15) is 6.04 Å². The van der Waals surface area contributed by atoms with Gasteiger partial charge in [-0.15, -0.1) is 0 Å². The molecule has 7 nitrogen and oxygen atoms in total. The smallest absolute Gasteiger partial charge is 0.394 e. The largest absolute Gasteiger partial charge is 0.480 e. The van der Waals surface area contributed by atoms with E-state index in [9.17, 15) is 4.79 Å². The van der Waals surface area contributed by atoms with E-state index >= 15 is 0 Å². The zero-order chi connectivity index (χ0) is 12.1. The van der Waals surface area contributed by atoms with E-state index in [0.717, 1.165) is 19.3 Å². The lowest BCUT2D eigenvalue weighted by atomic mass is 10.00. The van der Waals surface area contributed by atoms with Gasteiger partial charge in [-0.1, -0.05) is 0 Å². The Morgan fingerprint density at radius 2 is 1.80 bits per heavy atom. The Hall–Kier alpha value is -0.700. The van der Waals surface area contributed by atoms with Crippen LogP contribution in [0.1, 0.15) is 26.2 Å². The third-order valence-electron chi connectivity index (χ3n) is 1.91. The molecule has 1 aliphatic heterocycles. The highest BCUT2D eigenvalue weighted by Crippen LogP contribution is 2.11. The number of hydrogen-bond donors (Lipinski definition) is 4. The SMILES string of the molecule is CC1CCCC(C(=O)O)N1.O=S(=O)(O)O. The fraction of sp³-hybridized carbons (Fsp3) is 0.857. The quantitative estimate of drug-likeness (QED) is 0.474. The lowest BCUT2D eigenvalue weighted by Gasteiger charge is -2.25. The van der Waals surface area contributed by atoms with Crippen LogP contribution in [0.4, 0.5) is 0 Å². The first-order chi connectivity index (χ1) is 6.70. The number of carboxylic acids is 1. The second-order valence-electron chi connectivity index (χ2n) is 3.34. The minimum absolute atomic E-state index is 0.302. The number of carbonyl (C=O) groups is 1. The number of hydrogen-bond acceptors (Lipinski definition) is 4. The normalized spacial score (nSPS) is 26.3. The van der Waals surface area contributed by atoms with Crippen molar-refractivity contribution in [1.29, 1.82) is 0 Å². The average Bonchev–Trinajstić information content (AvgIpc) is 2.00. The standard InChI is InChI=1S/C7H13NO2.H2O4S/c1-5-3-2-4-6(8-5)7(9)10;1-5(2,3)4/h5-6,8H,2-4H2,1H3,(H,9,10);(H2,1,2,3,4). The van der Waals surface area contributed by atoms with Gasteiger partial charge in [-0.3, -0.25) is 13.9 Å². The van der Waals surface area contributed by atoms with Gasteiger partial charge in [-0.25, -0.2) is 0 Å². The monoisotopic (exact) mass is 241 g/mol. The average molecular weight is 241 g/mol. The second-order valence-corrected chi connectivity index (χ2v) is 4.23. The summed E-state index contributed by atoms with van der Waals surface area (Å²) in [7, 11) is -4.67. The van der Waals surface area contributed by atoms with Crippen LogP contribution >= 0.6 is 0 Å². The molecule has 0 aromatic carbocycles. The molecule has 0 radical (unpaired) electrons. The summed E-state index contributed by atoms with van der Waals surface area (Å²) in [6.45, 7) is 2.02. The van der Waals surface area contributed by atoms with E-state index in [1.54, 1.807) is 0 Å². The van der Waals surface area contributed by atoms with Gasteiger partial charge < -0.3 is 10.4 Å². The summed E-state index contributed by atoms with van der Waals surface area (Å²) in [5.41, 5.74) is 0. The number of carboxylic acid groups (broad SMARTS) is 1. The van der Waals surface area contributed by atoms with Crippen LogP contribution in [0.2, 0.25) is 0 Å². The summed E-state index contributed by atoms with van der Waals surface area (Å²) in [6, 6.07) is 0.0681. The van der Waals surface area contributed by atoms with E-state index < -0.39 is 16.4 Å². The van der Waals surface area contributed by atoms with Crippen molar-refractivity contribution in [2.45, 2.75) is 38.3 Å². The summed E-state index contributed by atoms with van der Waals surface area (Å²) in [6.07, 6.45) is 2.91. The van der Waals surface area contributed by atoms with Crippen molar-refractivity contribution in [1.82, 2.24) is 5.32 Å². The molecule has 1 heterocycles. The molecule has 0 aromatic rings. The lowest BCUT2D eigenvalue weighted by Crippen LogP contribution is -2.45. The van der Waals surface area contributed by atoms with Crippen LogP contribution in [0.15, 0.2) is 0 Å². The number of aliphatic carboxylic acids is 1. The highest BCUT2D eigenvalue weighted by Gasteiger charge is 2.22. The topological polar surface area (TPSA) is 124 Å². The predicted octanol–water partition coefficient (Wildman–Crippen LogP) is -0.0512.